The van der Waals surface area contributed by atoms with Crippen molar-refractivity contribution in [1.82, 2.24) is 0 Å². The van der Waals surface area contributed by atoms with Crippen molar-refractivity contribution in [2.45, 2.75) is 6.61 Å². The van der Waals surface area contributed by atoms with Gasteiger partial charge in [0.15, 0.2) is 11.5 Å². The second kappa shape index (κ2) is 4.35. The molecule has 1 aromatic rings. The topological polar surface area (TPSA) is 38.7 Å². The van der Waals surface area contributed by atoms with Gasteiger partial charge in [-0.2, -0.15) is 0 Å². The lowest BCUT2D eigenvalue weighted by Gasteiger charge is -2.09. The fourth-order valence-corrected chi connectivity index (χ4v) is 1.23. The van der Waals surface area contributed by atoms with E-state index in [1.165, 1.54) is 14.2 Å². The van der Waals surface area contributed by atoms with Gasteiger partial charge >= 0.3 is 0 Å². The van der Waals surface area contributed by atoms with Crippen LogP contribution < -0.4 is 9.47 Å². The SMILES string of the molecule is COc1cc(Cl)c(CO)cc1OC. The zero-order chi connectivity index (χ0) is 9.84. The molecule has 1 aromatic carbocycles. The molecule has 1 rings (SSSR count). The Hall–Kier alpha value is -0.930. The lowest BCUT2D eigenvalue weighted by atomic mass is 10.2. The zero-order valence-electron chi connectivity index (χ0n) is 7.50. The highest BCUT2D eigenvalue weighted by molar-refractivity contribution is 6.31. The summed E-state index contributed by atoms with van der Waals surface area (Å²) in [6.45, 7) is -0.112. The van der Waals surface area contributed by atoms with E-state index in [2.05, 4.69) is 0 Å². The van der Waals surface area contributed by atoms with E-state index in [0.29, 0.717) is 22.1 Å². The van der Waals surface area contributed by atoms with Crippen LogP contribution in [0.5, 0.6) is 11.5 Å². The highest BCUT2D eigenvalue weighted by atomic mass is 35.5. The summed E-state index contributed by atoms with van der Waals surface area (Å²) in [6.07, 6.45) is 0. The van der Waals surface area contributed by atoms with Crippen LogP contribution in [0.2, 0.25) is 5.02 Å². The number of hydrogen-bond donors (Lipinski definition) is 1. The Morgan fingerprint density at radius 3 is 2.23 bits per heavy atom. The fraction of sp³-hybridized carbons (Fsp3) is 0.333. The molecule has 0 heterocycles. The molecule has 0 aliphatic carbocycles. The molecule has 0 aliphatic rings. The van der Waals surface area contributed by atoms with Crippen molar-refractivity contribution in [3.05, 3.63) is 22.7 Å². The van der Waals surface area contributed by atoms with Crippen molar-refractivity contribution in [2.24, 2.45) is 0 Å². The number of methoxy groups -OCH3 is 2. The zero-order valence-corrected chi connectivity index (χ0v) is 8.26. The highest BCUT2D eigenvalue weighted by Gasteiger charge is 2.08. The lowest BCUT2D eigenvalue weighted by Crippen LogP contribution is -1.93. The summed E-state index contributed by atoms with van der Waals surface area (Å²) in [5, 5.41) is 9.39. The van der Waals surface area contributed by atoms with Gasteiger partial charge < -0.3 is 14.6 Å². The third-order valence-electron chi connectivity index (χ3n) is 1.72. The van der Waals surface area contributed by atoms with E-state index in [9.17, 15) is 0 Å². The Balaban J connectivity index is 3.18. The number of aliphatic hydroxyl groups excluding tert-OH is 1. The molecule has 0 atom stereocenters. The third-order valence-corrected chi connectivity index (χ3v) is 2.07. The van der Waals surface area contributed by atoms with Crippen LogP contribution in [0.3, 0.4) is 0 Å². The Bertz CT molecular complexity index is 299. The van der Waals surface area contributed by atoms with E-state index >= 15 is 0 Å². The van der Waals surface area contributed by atoms with E-state index in [0.717, 1.165) is 0 Å². The minimum Gasteiger partial charge on any atom is -0.493 e. The molecule has 0 aromatic heterocycles. The van der Waals surface area contributed by atoms with Crippen LogP contribution in [0, 0.1) is 0 Å². The first-order chi connectivity index (χ1) is 6.22. The van der Waals surface area contributed by atoms with Crippen molar-refractivity contribution in [3.63, 3.8) is 0 Å². The summed E-state index contributed by atoms with van der Waals surface area (Å²) >= 11 is 5.84. The van der Waals surface area contributed by atoms with Gasteiger partial charge in [-0.1, -0.05) is 11.6 Å². The molecule has 0 fully saturated rings. The second-order valence-corrected chi connectivity index (χ2v) is 2.86. The molecule has 0 spiro atoms. The number of halogens is 1. The molecule has 0 amide bonds. The number of aliphatic hydroxyl groups is 1. The van der Waals surface area contributed by atoms with E-state index in [1.54, 1.807) is 12.1 Å². The highest BCUT2D eigenvalue weighted by Crippen LogP contribution is 2.32. The summed E-state index contributed by atoms with van der Waals surface area (Å²) in [5.74, 6) is 1.13. The Morgan fingerprint density at radius 2 is 1.77 bits per heavy atom. The first kappa shape index (κ1) is 10.2. The minimum atomic E-state index is -0.112. The van der Waals surface area contributed by atoms with Crippen LogP contribution in [0.1, 0.15) is 5.56 Å². The van der Waals surface area contributed by atoms with E-state index in [-0.39, 0.29) is 6.61 Å². The maximum Gasteiger partial charge on any atom is 0.162 e. The molecular weight excluding hydrogens is 192 g/mol. The van der Waals surface area contributed by atoms with Crippen LogP contribution in [0.25, 0.3) is 0 Å². The van der Waals surface area contributed by atoms with E-state index in [1.807, 2.05) is 0 Å². The molecule has 13 heavy (non-hydrogen) atoms. The quantitative estimate of drug-likeness (QED) is 0.813. The van der Waals surface area contributed by atoms with Crippen molar-refractivity contribution in [3.8, 4) is 11.5 Å². The Kier molecular flexibility index (Phi) is 3.39. The van der Waals surface area contributed by atoms with Crippen molar-refractivity contribution in [2.75, 3.05) is 14.2 Å². The van der Waals surface area contributed by atoms with Crippen molar-refractivity contribution < 1.29 is 14.6 Å². The fourth-order valence-electron chi connectivity index (χ4n) is 1.02. The normalized spacial score (nSPS) is 9.85. The standard InChI is InChI=1S/C9H11ClO3/c1-12-8-3-6(5-11)7(10)4-9(8)13-2/h3-4,11H,5H2,1-2H3. The van der Waals surface area contributed by atoms with Crippen molar-refractivity contribution in [1.29, 1.82) is 0 Å². The maximum atomic E-state index is 8.92. The number of rotatable bonds is 3. The number of ether oxygens (including phenoxy) is 2. The largest absolute Gasteiger partial charge is 0.493 e. The minimum absolute atomic E-state index is 0.112. The second-order valence-electron chi connectivity index (χ2n) is 2.46. The average molecular weight is 203 g/mol. The molecule has 0 saturated heterocycles. The Labute approximate surface area is 81.9 Å². The van der Waals surface area contributed by atoms with Crippen LogP contribution in [-0.4, -0.2) is 19.3 Å². The predicted octanol–water partition coefficient (Wildman–Crippen LogP) is 1.85. The summed E-state index contributed by atoms with van der Waals surface area (Å²) in [4.78, 5) is 0. The predicted molar refractivity (Wildman–Crippen MR) is 50.5 cm³/mol. The molecule has 1 N–H and O–H groups in total. The van der Waals surface area contributed by atoms with Gasteiger partial charge in [0, 0.05) is 6.07 Å². The summed E-state index contributed by atoms with van der Waals surface area (Å²) < 4.78 is 10.1. The van der Waals surface area contributed by atoms with E-state index in [4.69, 9.17) is 26.2 Å². The van der Waals surface area contributed by atoms with Crippen LogP contribution in [-0.2, 0) is 6.61 Å². The lowest BCUT2D eigenvalue weighted by molar-refractivity contribution is 0.280. The van der Waals surface area contributed by atoms with Gasteiger partial charge in [0.05, 0.1) is 25.8 Å². The number of hydrogen-bond acceptors (Lipinski definition) is 3. The van der Waals surface area contributed by atoms with Gasteiger partial charge in [-0.15, -0.1) is 0 Å². The van der Waals surface area contributed by atoms with Crippen molar-refractivity contribution >= 4 is 11.6 Å². The van der Waals surface area contributed by atoms with Crippen LogP contribution in [0.4, 0.5) is 0 Å². The van der Waals surface area contributed by atoms with Gasteiger partial charge in [-0.3, -0.25) is 0 Å². The Morgan fingerprint density at radius 1 is 1.23 bits per heavy atom. The first-order valence-electron chi connectivity index (χ1n) is 3.74. The maximum absolute atomic E-state index is 8.92. The van der Waals surface area contributed by atoms with Gasteiger partial charge in [-0.05, 0) is 11.6 Å². The first-order valence-corrected chi connectivity index (χ1v) is 4.12. The smallest absolute Gasteiger partial charge is 0.162 e. The number of benzene rings is 1. The molecule has 0 radical (unpaired) electrons. The molecule has 4 heteroatoms. The van der Waals surface area contributed by atoms with Gasteiger partial charge in [0.1, 0.15) is 0 Å². The molecule has 72 valence electrons. The molecule has 0 aliphatic heterocycles. The molecule has 0 bridgehead atoms. The molecule has 0 saturated carbocycles. The van der Waals surface area contributed by atoms with E-state index < -0.39 is 0 Å². The van der Waals surface area contributed by atoms with Crippen LogP contribution in [0.15, 0.2) is 12.1 Å². The molecule has 0 unspecified atom stereocenters. The average Bonchev–Trinajstić information content (AvgIpc) is 2.17. The van der Waals surface area contributed by atoms with Crippen LogP contribution >= 0.6 is 11.6 Å². The monoisotopic (exact) mass is 202 g/mol. The molecule has 3 nitrogen and oxygen atoms in total. The third kappa shape index (κ3) is 2.05. The summed E-state index contributed by atoms with van der Waals surface area (Å²) in [7, 11) is 3.07. The van der Waals surface area contributed by atoms with Gasteiger partial charge in [-0.25, -0.2) is 0 Å². The van der Waals surface area contributed by atoms with Gasteiger partial charge in [0.25, 0.3) is 0 Å². The summed E-state index contributed by atoms with van der Waals surface area (Å²) in [5.41, 5.74) is 0.624. The summed E-state index contributed by atoms with van der Waals surface area (Å²) in [6, 6.07) is 3.27. The van der Waals surface area contributed by atoms with Gasteiger partial charge in [0.2, 0.25) is 0 Å². The molecular formula is C9H11ClO3.